The maximum Gasteiger partial charge on any atom is 0.251 e. The smallest absolute Gasteiger partial charge is 0.251 e. The van der Waals surface area contributed by atoms with E-state index in [9.17, 15) is 14.0 Å². The summed E-state index contributed by atoms with van der Waals surface area (Å²) in [5.74, 6) is -0.574. The molecule has 84 valence electrons. The topological polar surface area (TPSA) is 65.1 Å². The number of hydrogen-bond donors (Lipinski definition) is 1. The number of alkyl halides is 1. The van der Waals surface area contributed by atoms with Crippen LogP contribution in [0.3, 0.4) is 0 Å². The molecule has 5 heteroatoms. The summed E-state index contributed by atoms with van der Waals surface area (Å²) in [5.41, 5.74) is 3.77. The molecule has 3 saturated carbocycles. The molecule has 2 bridgehead atoms. The Hall–Kier alpha value is -1.65. The molecule has 3 fully saturated rings. The molecule has 0 unspecified atom stereocenters. The molecule has 1 heterocycles. The quantitative estimate of drug-likeness (QED) is 0.794. The number of carbonyl (C=O) groups excluding carboxylic acids is 1. The van der Waals surface area contributed by atoms with Crippen molar-refractivity contribution < 1.29 is 9.18 Å². The van der Waals surface area contributed by atoms with E-state index in [1.165, 1.54) is 22.9 Å². The highest BCUT2D eigenvalue weighted by Crippen LogP contribution is 2.67. The first-order chi connectivity index (χ1) is 7.44. The molecule has 1 aromatic heterocycles. The summed E-state index contributed by atoms with van der Waals surface area (Å²) in [6.07, 6.45) is 2.58. The van der Waals surface area contributed by atoms with E-state index in [1.807, 2.05) is 0 Å². The Balaban J connectivity index is 2.04. The predicted octanol–water partition coefficient (Wildman–Crippen LogP) is 0.548. The van der Waals surface area contributed by atoms with Crippen LogP contribution in [0.2, 0.25) is 0 Å². The van der Waals surface area contributed by atoms with Gasteiger partial charge in [0.1, 0.15) is 5.67 Å². The number of hydrogen-bond acceptors (Lipinski definition) is 2. The first kappa shape index (κ1) is 9.57. The SMILES string of the molecule is NC(=O)c1ccc(=O)n(C23CC(F)(C2)C3)c1. The molecule has 4 nitrogen and oxygen atoms in total. The third-order valence-electron chi connectivity index (χ3n) is 3.64. The van der Waals surface area contributed by atoms with Crippen LogP contribution in [0.5, 0.6) is 0 Å². The summed E-state index contributed by atoms with van der Waals surface area (Å²) in [6, 6.07) is 2.71. The summed E-state index contributed by atoms with van der Waals surface area (Å²) in [4.78, 5) is 22.7. The zero-order valence-electron chi connectivity index (χ0n) is 8.57. The molecule has 4 rings (SSSR count). The molecule has 16 heavy (non-hydrogen) atoms. The van der Waals surface area contributed by atoms with Gasteiger partial charge in [0.25, 0.3) is 5.56 Å². The minimum atomic E-state index is -1.07. The highest BCUT2D eigenvalue weighted by Gasteiger charge is 2.70. The zero-order valence-corrected chi connectivity index (χ0v) is 8.57. The van der Waals surface area contributed by atoms with Crippen molar-refractivity contribution >= 4 is 5.91 Å². The van der Waals surface area contributed by atoms with Gasteiger partial charge < -0.3 is 10.3 Å². The lowest BCUT2D eigenvalue weighted by atomic mass is 9.47. The van der Waals surface area contributed by atoms with Gasteiger partial charge in [-0.3, -0.25) is 9.59 Å². The number of halogens is 1. The Labute approximate surface area is 90.9 Å². The average Bonchev–Trinajstić information content (AvgIpc) is 2.12. The van der Waals surface area contributed by atoms with E-state index in [4.69, 9.17) is 5.73 Å². The number of carbonyl (C=O) groups is 1. The van der Waals surface area contributed by atoms with Gasteiger partial charge in [-0.05, 0) is 6.07 Å². The number of nitrogens with zero attached hydrogens (tertiary/aromatic N) is 1. The highest BCUT2D eigenvalue weighted by atomic mass is 19.1. The fraction of sp³-hybridized carbons (Fsp3) is 0.455. The van der Waals surface area contributed by atoms with Crippen LogP contribution in [0.15, 0.2) is 23.1 Å². The van der Waals surface area contributed by atoms with E-state index in [-0.39, 0.29) is 11.1 Å². The number of pyridine rings is 1. The van der Waals surface area contributed by atoms with E-state index in [0.717, 1.165) is 0 Å². The summed E-state index contributed by atoms with van der Waals surface area (Å²) in [5, 5.41) is 0. The summed E-state index contributed by atoms with van der Waals surface area (Å²) < 4.78 is 14.9. The monoisotopic (exact) mass is 222 g/mol. The Morgan fingerprint density at radius 1 is 1.38 bits per heavy atom. The van der Waals surface area contributed by atoms with Gasteiger partial charge in [0.05, 0.1) is 11.1 Å². The molecule has 2 N–H and O–H groups in total. The second-order valence-electron chi connectivity index (χ2n) is 4.90. The number of primary amides is 1. The van der Waals surface area contributed by atoms with Crippen LogP contribution in [-0.4, -0.2) is 16.1 Å². The van der Waals surface area contributed by atoms with Crippen LogP contribution in [-0.2, 0) is 5.54 Å². The second kappa shape index (κ2) is 2.53. The first-order valence-corrected chi connectivity index (χ1v) is 5.16. The van der Waals surface area contributed by atoms with Crippen LogP contribution in [0.25, 0.3) is 0 Å². The third-order valence-corrected chi connectivity index (χ3v) is 3.64. The van der Waals surface area contributed by atoms with Gasteiger partial charge in [-0.15, -0.1) is 0 Å². The fourth-order valence-corrected chi connectivity index (χ4v) is 2.87. The molecular formula is C11H11FN2O2. The standard InChI is InChI=1S/C11H11FN2O2/c12-10-4-11(5-10,6-10)14-3-7(9(13)16)1-2-8(14)15/h1-3H,4-6H2,(H2,13,16). The van der Waals surface area contributed by atoms with E-state index in [1.54, 1.807) is 0 Å². The lowest BCUT2D eigenvalue weighted by molar-refractivity contribution is -0.199. The van der Waals surface area contributed by atoms with Crippen LogP contribution in [0.4, 0.5) is 4.39 Å². The molecule has 0 aliphatic heterocycles. The van der Waals surface area contributed by atoms with Crippen molar-refractivity contribution in [1.29, 1.82) is 0 Å². The number of rotatable bonds is 2. The molecule has 0 aromatic carbocycles. The Morgan fingerprint density at radius 3 is 2.50 bits per heavy atom. The Morgan fingerprint density at radius 2 is 2.00 bits per heavy atom. The van der Waals surface area contributed by atoms with Gasteiger partial charge in [0.2, 0.25) is 5.91 Å². The molecule has 3 aliphatic rings. The number of nitrogens with two attached hydrogens (primary N) is 1. The first-order valence-electron chi connectivity index (χ1n) is 5.16. The van der Waals surface area contributed by atoms with Gasteiger partial charge in [0.15, 0.2) is 0 Å². The van der Waals surface area contributed by atoms with Crippen molar-refractivity contribution in [3.05, 3.63) is 34.2 Å². The fourth-order valence-electron chi connectivity index (χ4n) is 2.87. The maximum atomic E-state index is 13.4. The van der Waals surface area contributed by atoms with Crippen molar-refractivity contribution in [1.82, 2.24) is 4.57 Å². The molecule has 0 saturated heterocycles. The Kier molecular flexibility index (Phi) is 1.51. The zero-order chi connectivity index (χ0) is 11.6. The number of amides is 1. The van der Waals surface area contributed by atoms with E-state index in [0.29, 0.717) is 19.3 Å². The summed E-state index contributed by atoms with van der Waals surface area (Å²) >= 11 is 0. The largest absolute Gasteiger partial charge is 0.366 e. The molecular weight excluding hydrogens is 211 g/mol. The summed E-state index contributed by atoms with van der Waals surface area (Å²) in [6.45, 7) is 0. The maximum absolute atomic E-state index is 13.4. The molecule has 1 aromatic rings. The van der Waals surface area contributed by atoms with Crippen molar-refractivity contribution in [2.75, 3.05) is 0 Å². The molecule has 0 radical (unpaired) electrons. The Bertz CT molecular complexity index is 529. The number of aromatic nitrogens is 1. The molecule has 3 aliphatic carbocycles. The minimum Gasteiger partial charge on any atom is -0.366 e. The van der Waals surface area contributed by atoms with E-state index >= 15 is 0 Å². The molecule has 1 amide bonds. The van der Waals surface area contributed by atoms with Gasteiger partial charge in [0, 0.05) is 31.5 Å². The van der Waals surface area contributed by atoms with Crippen molar-refractivity contribution in [3.63, 3.8) is 0 Å². The van der Waals surface area contributed by atoms with E-state index in [2.05, 4.69) is 0 Å². The van der Waals surface area contributed by atoms with Gasteiger partial charge in [-0.2, -0.15) is 0 Å². The normalized spacial score (nSPS) is 35.1. The van der Waals surface area contributed by atoms with E-state index < -0.39 is 17.1 Å². The second-order valence-corrected chi connectivity index (χ2v) is 4.90. The molecule has 0 spiro atoms. The van der Waals surface area contributed by atoms with Crippen LogP contribution in [0, 0.1) is 0 Å². The average molecular weight is 222 g/mol. The van der Waals surface area contributed by atoms with Crippen LogP contribution in [0.1, 0.15) is 29.6 Å². The third kappa shape index (κ3) is 1.03. The van der Waals surface area contributed by atoms with Gasteiger partial charge in [-0.1, -0.05) is 0 Å². The predicted molar refractivity (Wildman–Crippen MR) is 54.9 cm³/mol. The lowest BCUT2D eigenvalue weighted by Gasteiger charge is -2.66. The van der Waals surface area contributed by atoms with Crippen LogP contribution >= 0.6 is 0 Å². The lowest BCUT2D eigenvalue weighted by Crippen LogP contribution is -2.71. The van der Waals surface area contributed by atoms with Crippen molar-refractivity contribution in [3.8, 4) is 0 Å². The van der Waals surface area contributed by atoms with Crippen molar-refractivity contribution in [2.24, 2.45) is 5.73 Å². The highest BCUT2D eigenvalue weighted by molar-refractivity contribution is 5.92. The van der Waals surface area contributed by atoms with Gasteiger partial charge >= 0.3 is 0 Å². The summed E-state index contributed by atoms with van der Waals surface area (Å²) in [7, 11) is 0. The van der Waals surface area contributed by atoms with Crippen LogP contribution < -0.4 is 11.3 Å². The minimum absolute atomic E-state index is 0.202. The molecule has 0 atom stereocenters. The van der Waals surface area contributed by atoms with Gasteiger partial charge in [-0.25, -0.2) is 4.39 Å². The van der Waals surface area contributed by atoms with Crippen molar-refractivity contribution in [2.45, 2.75) is 30.5 Å².